The molecule has 3 rings (SSSR count). The predicted octanol–water partition coefficient (Wildman–Crippen LogP) is 4.71. The molecule has 0 fully saturated rings. The van der Waals surface area contributed by atoms with Crippen LogP contribution in [-0.2, 0) is 4.79 Å². The van der Waals surface area contributed by atoms with Crippen molar-refractivity contribution in [3.8, 4) is 11.5 Å². The largest absolute Gasteiger partial charge is 0.493 e. The number of aliphatic carboxylic acids is 1. The zero-order valence-electron chi connectivity index (χ0n) is 13.4. The molecule has 0 radical (unpaired) electrons. The van der Waals surface area contributed by atoms with Crippen LogP contribution in [0.25, 0.3) is 10.8 Å². The number of carboxylic acid groups (broad SMARTS) is 1. The van der Waals surface area contributed by atoms with Gasteiger partial charge < -0.3 is 14.6 Å². The molecule has 0 spiro atoms. The van der Waals surface area contributed by atoms with E-state index < -0.39 is 11.0 Å². The first-order valence-electron chi connectivity index (χ1n) is 7.85. The average molecular weight is 357 g/mol. The molecule has 1 unspecified atom stereocenters. The Kier molecular flexibility index (Phi) is 5.10. The molecule has 1 N–H and O–H groups in total. The van der Waals surface area contributed by atoms with Gasteiger partial charge in [0.25, 0.3) is 5.06 Å². The Labute approximate surface area is 150 Å². The minimum atomic E-state index is -1.89. The summed E-state index contributed by atoms with van der Waals surface area (Å²) in [6, 6.07) is 22.2. The van der Waals surface area contributed by atoms with Crippen LogP contribution >= 0.6 is 11.6 Å². The minimum Gasteiger partial charge on any atom is -0.493 e. The van der Waals surface area contributed by atoms with E-state index in [2.05, 4.69) is 0 Å². The Morgan fingerprint density at radius 3 is 2.32 bits per heavy atom. The summed E-state index contributed by atoms with van der Waals surface area (Å²) in [4.78, 5) is 11.6. The molecule has 0 saturated heterocycles. The van der Waals surface area contributed by atoms with Crippen molar-refractivity contribution in [2.45, 2.75) is 11.5 Å². The fourth-order valence-corrected chi connectivity index (χ4v) is 2.60. The summed E-state index contributed by atoms with van der Waals surface area (Å²) >= 11 is 6.22. The topological polar surface area (TPSA) is 55.8 Å². The minimum absolute atomic E-state index is 0.00832. The highest BCUT2D eigenvalue weighted by atomic mass is 35.5. The Bertz CT molecular complexity index is 866. The van der Waals surface area contributed by atoms with E-state index in [1.807, 2.05) is 48.5 Å². The third kappa shape index (κ3) is 4.22. The van der Waals surface area contributed by atoms with Crippen molar-refractivity contribution in [1.29, 1.82) is 0 Å². The van der Waals surface area contributed by atoms with Gasteiger partial charge in [0, 0.05) is 6.42 Å². The molecule has 0 aliphatic heterocycles. The average Bonchev–Trinajstić information content (AvgIpc) is 2.62. The zero-order chi connectivity index (χ0) is 17.7. The molecule has 3 aromatic carbocycles. The van der Waals surface area contributed by atoms with Gasteiger partial charge in [0.2, 0.25) is 0 Å². The second-order valence-electron chi connectivity index (χ2n) is 5.56. The van der Waals surface area contributed by atoms with Gasteiger partial charge in [-0.3, -0.25) is 0 Å². The van der Waals surface area contributed by atoms with E-state index >= 15 is 0 Å². The number of carbonyl (C=O) groups is 1. The van der Waals surface area contributed by atoms with E-state index in [1.54, 1.807) is 24.3 Å². The van der Waals surface area contributed by atoms with Crippen LogP contribution in [0, 0.1) is 0 Å². The van der Waals surface area contributed by atoms with Crippen molar-refractivity contribution in [1.82, 2.24) is 0 Å². The summed E-state index contributed by atoms with van der Waals surface area (Å²) < 4.78 is 11.1. The van der Waals surface area contributed by atoms with Crippen LogP contribution < -0.4 is 9.47 Å². The molecule has 5 heteroatoms. The van der Waals surface area contributed by atoms with Crippen molar-refractivity contribution < 1.29 is 19.4 Å². The third-order valence-corrected chi connectivity index (χ3v) is 4.18. The molecule has 128 valence electrons. The number of rotatable bonds is 7. The summed E-state index contributed by atoms with van der Waals surface area (Å²) in [6.45, 7) is 0.118. The van der Waals surface area contributed by atoms with Crippen LogP contribution in [0.2, 0.25) is 0 Å². The van der Waals surface area contributed by atoms with E-state index in [9.17, 15) is 9.90 Å². The normalized spacial score (nSPS) is 13.2. The lowest BCUT2D eigenvalue weighted by atomic mass is 10.1. The first-order valence-corrected chi connectivity index (χ1v) is 8.23. The Morgan fingerprint density at radius 2 is 1.60 bits per heavy atom. The molecule has 0 aromatic heterocycles. The van der Waals surface area contributed by atoms with Crippen LogP contribution in [0.4, 0.5) is 0 Å². The first-order chi connectivity index (χ1) is 12.1. The maximum Gasteiger partial charge on any atom is 0.364 e. The SMILES string of the molecule is O=C(O)C(Cl)(CCOc1ccccc1)Oc1ccc2ccccc2c1. The lowest BCUT2D eigenvalue weighted by molar-refractivity contribution is -0.149. The highest BCUT2D eigenvalue weighted by Crippen LogP contribution is 2.29. The number of fused-ring (bicyclic) bond motifs is 1. The Balaban J connectivity index is 1.71. The van der Waals surface area contributed by atoms with Crippen molar-refractivity contribution in [3.63, 3.8) is 0 Å². The van der Waals surface area contributed by atoms with E-state index in [-0.39, 0.29) is 13.0 Å². The molecule has 0 aliphatic carbocycles. The summed E-state index contributed by atoms with van der Waals surface area (Å²) in [6.07, 6.45) is -0.00832. The highest BCUT2D eigenvalue weighted by molar-refractivity contribution is 6.32. The van der Waals surface area contributed by atoms with Crippen LogP contribution in [0.15, 0.2) is 72.8 Å². The van der Waals surface area contributed by atoms with Crippen molar-refractivity contribution in [2.75, 3.05) is 6.61 Å². The number of benzene rings is 3. The number of hydrogen-bond donors (Lipinski definition) is 1. The van der Waals surface area contributed by atoms with Crippen LogP contribution in [0.1, 0.15) is 6.42 Å². The van der Waals surface area contributed by atoms with E-state index in [0.29, 0.717) is 11.5 Å². The Hall–Kier alpha value is -2.72. The number of halogens is 1. The fraction of sp³-hybridized carbons (Fsp3) is 0.150. The molecule has 0 amide bonds. The molecule has 4 nitrogen and oxygen atoms in total. The quantitative estimate of drug-likeness (QED) is 0.623. The molecular weight excluding hydrogens is 340 g/mol. The van der Waals surface area contributed by atoms with Gasteiger partial charge in [0.1, 0.15) is 11.5 Å². The lowest BCUT2D eigenvalue weighted by Crippen LogP contribution is -2.40. The first kappa shape index (κ1) is 17.1. The molecular formula is C20H17ClO4. The Morgan fingerprint density at radius 1 is 0.920 bits per heavy atom. The molecule has 1 atom stereocenters. The molecule has 25 heavy (non-hydrogen) atoms. The van der Waals surface area contributed by atoms with E-state index in [1.165, 1.54) is 0 Å². The summed E-state index contributed by atoms with van der Waals surface area (Å²) in [5.41, 5.74) is 0. The van der Waals surface area contributed by atoms with Gasteiger partial charge in [-0.2, -0.15) is 0 Å². The van der Waals surface area contributed by atoms with Gasteiger partial charge in [-0.05, 0) is 35.0 Å². The second-order valence-corrected chi connectivity index (χ2v) is 6.17. The third-order valence-electron chi connectivity index (χ3n) is 3.76. The second kappa shape index (κ2) is 7.45. The fourth-order valence-electron chi connectivity index (χ4n) is 2.44. The standard InChI is InChI=1S/C20H17ClO4/c21-20(19(22)23,12-13-24-17-8-2-1-3-9-17)25-18-11-10-15-6-4-5-7-16(15)14-18/h1-11,14H,12-13H2,(H,22,23). The highest BCUT2D eigenvalue weighted by Gasteiger charge is 2.39. The summed E-state index contributed by atoms with van der Waals surface area (Å²) in [5, 5.41) is 9.59. The smallest absolute Gasteiger partial charge is 0.364 e. The number of carboxylic acids is 1. The maximum atomic E-state index is 11.6. The maximum absolute atomic E-state index is 11.6. The zero-order valence-corrected chi connectivity index (χ0v) is 14.1. The van der Waals surface area contributed by atoms with Gasteiger partial charge in [-0.1, -0.05) is 60.1 Å². The van der Waals surface area contributed by atoms with Gasteiger partial charge in [-0.25, -0.2) is 4.79 Å². The number of alkyl halides is 1. The van der Waals surface area contributed by atoms with E-state index in [0.717, 1.165) is 10.8 Å². The molecule has 0 bridgehead atoms. The van der Waals surface area contributed by atoms with Crippen molar-refractivity contribution in [3.05, 3.63) is 72.8 Å². The van der Waals surface area contributed by atoms with E-state index in [4.69, 9.17) is 21.1 Å². The van der Waals surface area contributed by atoms with Gasteiger partial charge >= 0.3 is 5.97 Å². The molecule has 0 heterocycles. The molecule has 0 aliphatic rings. The lowest BCUT2D eigenvalue weighted by Gasteiger charge is -2.24. The number of ether oxygens (including phenoxy) is 2. The molecule has 3 aromatic rings. The van der Waals surface area contributed by atoms with Crippen LogP contribution in [0.3, 0.4) is 0 Å². The van der Waals surface area contributed by atoms with Crippen molar-refractivity contribution in [2.24, 2.45) is 0 Å². The summed E-state index contributed by atoms with van der Waals surface area (Å²) in [5.74, 6) is -0.201. The number of hydrogen-bond acceptors (Lipinski definition) is 3. The predicted molar refractivity (Wildman–Crippen MR) is 97.3 cm³/mol. The van der Waals surface area contributed by atoms with Crippen LogP contribution in [-0.4, -0.2) is 22.7 Å². The summed E-state index contributed by atoms with van der Waals surface area (Å²) in [7, 11) is 0. The van der Waals surface area contributed by atoms with Gasteiger partial charge in [0.05, 0.1) is 6.61 Å². The molecule has 0 saturated carbocycles. The van der Waals surface area contributed by atoms with Gasteiger partial charge in [0.15, 0.2) is 0 Å². The van der Waals surface area contributed by atoms with Crippen molar-refractivity contribution >= 4 is 28.3 Å². The van der Waals surface area contributed by atoms with Crippen LogP contribution in [0.5, 0.6) is 11.5 Å². The monoisotopic (exact) mass is 356 g/mol. The number of para-hydroxylation sites is 1. The van der Waals surface area contributed by atoms with Gasteiger partial charge in [-0.15, -0.1) is 0 Å².